The Bertz CT molecular complexity index is 256. The van der Waals surface area contributed by atoms with Gasteiger partial charge in [-0.15, -0.1) is 0 Å². The van der Waals surface area contributed by atoms with Crippen LogP contribution in [0.4, 0.5) is 0 Å². The largest absolute Gasteiger partial charge is 0.152 e. The maximum absolute atomic E-state index is 3.57. The number of benzene rings is 1. The van der Waals surface area contributed by atoms with Gasteiger partial charge in [0.2, 0.25) is 0 Å². The summed E-state index contributed by atoms with van der Waals surface area (Å²) in [4.78, 5) is 0. The number of hydrogen-bond acceptors (Lipinski definition) is 0. The molecule has 1 unspecified atom stereocenters. The highest BCUT2D eigenvalue weighted by atomic mass is 79.9. The molecule has 0 saturated heterocycles. The standard InChI is InChI=1S/C10H13Br2S/c1-13(2)10(7-11)8-3-5-9(12)6-4-8/h3-6,10H,7H2,1-2H3/q+1. The molecule has 0 N–H and O–H groups in total. The normalized spacial score (nSPS) is 13.3. The number of hydrogen-bond donors (Lipinski definition) is 0. The van der Waals surface area contributed by atoms with Crippen LogP contribution in [0.15, 0.2) is 28.7 Å². The molecule has 0 aliphatic rings. The van der Waals surface area contributed by atoms with Crippen molar-refractivity contribution in [2.45, 2.75) is 5.25 Å². The first-order valence-corrected chi connectivity index (χ1v) is 8.05. The van der Waals surface area contributed by atoms with Gasteiger partial charge < -0.3 is 0 Å². The highest BCUT2D eigenvalue weighted by Gasteiger charge is 2.21. The highest BCUT2D eigenvalue weighted by molar-refractivity contribution is 9.10. The monoisotopic (exact) mass is 323 g/mol. The predicted octanol–water partition coefficient (Wildman–Crippen LogP) is 3.76. The first kappa shape index (κ1) is 11.6. The summed E-state index contributed by atoms with van der Waals surface area (Å²) in [6, 6.07) is 8.61. The van der Waals surface area contributed by atoms with Crippen LogP contribution in [0.2, 0.25) is 0 Å². The van der Waals surface area contributed by atoms with E-state index in [0.717, 1.165) is 9.80 Å². The van der Waals surface area contributed by atoms with Crippen molar-refractivity contribution < 1.29 is 0 Å². The summed E-state index contributed by atoms with van der Waals surface area (Å²) < 4.78 is 1.15. The minimum atomic E-state index is 0.427. The second kappa shape index (κ2) is 5.42. The van der Waals surface area contributed by atoms with Crippen LogP contribution in [-0.2, 0) is 10.9 Å². The highest BCUT2D eigenvalue weighted by Crippen LogP contribution is 2.25. The molecule has 1 aromatic rings. The van der Waals surface area contributed by atoms with E-state index in [1.165, 1.54) is 5.56 Å². The Morgan fingerprint density at radius 1 is 1.23 bits per heavy atom. The molecule has 0 bridgehead atoms. The SMILES string of the molecule is C[S+](C)C(CBr)c1ccc(Br)cc1. The van der Waals surface area contributed by atoms with Crippen molar-refractivity contribution in [3.63, 3.8) is 0 Å². The topological polar surface area (TPSA) is 0 Å². The van der Waals surface area contributed by atoms with Gasteiger partial charge in [0, 0.05) is 10.0 Å². The molecule has 0 radical (unpaired) electrons. The van der Waals surface area contributed by atoms with E-state index in [1.807, 2.05) is 0 Å². The third-order valence-electron chi connectivity index (χ3n) is 1.95. The van der Waals surface area contributed by atoms with Crippen LogP contribution in [0, 0.1) is 0 Å². The lowest BCUT2D eigenvalue weighted by Crippen LogP contribution is -2.11. The van der Waals surface area contributed by atoms with Crippen LogP contribution in [0.5, 0.6) is 0 Å². The molecule has 1 rings (SSSR count). The van der Waals surface area contributed by atoms with E-state index in [1.54, 1.807) is 0 Å². The summed E-state index contributed by atoms with van der Waals surface area (Å²) in [5.41, 5.74) is 1.42. The summed E-state index contributed by atoms with van der Waals surface area (Å²) in [7, 11) is 0.427. The van der Waals surface area contributed by atoms with Gasteiger partial charge in [-0.25, -0.2) is 0 Å². The van der Waals surface area contributed by atoms with Crippen molar-refractivity contribution in [3.8, 4) is 0 Å². The molecule has 0 nitrogen and oxygen atoms in total. The fraction of sp³-hybridized carbons (Fsp3) is 0.400. The molecule has 0 aliphatic heterocycles. The third kappa shape index (κ3) is 3.30. The first-order valence-electron chi connectivity index (χ1n) is 4.03. The van der Waals surface area contributed by atoms with Gasteiger partial charge in [0.25, 0.3) is 0 Å². The molecule has 13 heavy (non-hydrogen) atoms. The van der Waals surface area contributed by atoms with Gasteiger partial charge in [0.05, 0.1) is 17.8 Å². The third-order valence-corrected chi connectivity index (χ3v) is 5.13. The quantitative estimate of drug-likeness (QED) is 0.586. The zero-order valence-corrected chi connectivity index (χ0v) is 11.7. The molecule has 0 spiro atoms. The molecule has 0 amide bonds. The number of halogens is 2. The Labute approximate surface area is 99.7 Å². The molecule has 0 aromatic heterocycles. The maximum atomic E-state index is 3.57. The molecule has 0 saturated carbocycles. The van der Waals surface area contributed by atoms with Crippen LogP contribution < -0.4 is 0 Å². The zero-order valence-electron chi connectivity index (χ0n) is 7.76. The van der Waals surface area contributed by atoms with Crippen LogP contribution in [0.1, 0.15) is 10.8 Å². The Morgan fingerprint density at radius 2 is 1.77 bits per heavy atom. The van der Waals surface area contributed by atoms with E-state index in [-0.39, 0.29) is 0 Å². The zero-order chi connectivity index (χ0) is 9.84. The molecular weight excluding hydrogens is 312 g/mol. The van der Waals surface area contributed by atoms with Crippen molar-refractivity contribution in [1.82, 2.24) is 0 Å². The Balaban J connectivity index is 2.86. The number of rotatable bonds is 3. The second-order valence-electron chi connectivity index (χ2n) is 3.07. The van der Waals surface area contributed by atoms with E-state index < -0.39 is 0 Å². The van der Waals surface area contributed by atoms with Crippen LogP contribution in [-0.4, -0.2) is 17.8 Å². The number of alkyl halides is 1. The molecular formula is C10H13Br2S+. The van der Waals surface area contributed by atoms with Gasteiger partial charge in [0.1, 0.15) is 0 Å². The van der Waals surface area contributed by atoms with E-state index in [2.05, 4.69) is 68.6 Å². The Kier molecular flexibility index (Phi) is 4.84. The van der Waals surface area contributed by atoms with E-state index in [4.69, 9.17) is 0 Å². The minimum absolute atomic E-state index is 0.427. The Hall–Kier alpha value is 0.530. The van der Waals surface area contributed by atoms with Crippen molar-refractivity contribution in [2.24, 2.45) is 0 Å². The maximum Gasteiger partial charge on any atom is 0.152 e. The van der Waals surface area contributed by atoms with Crippen LogP contribution in [0.3, 0.4) is 0 Å². The second-order valence-corrected chi connectivity index (χ2v) is 6.97. The van der Waals surface area contributed by atoms with Gasteiger partial charge in [-0.3, -0.25) is 0 Å². The lowest BCUT2D eigenvalue weighted by Gasteiger charge is -2.10. The van der Waals surface area contributed by atoms with Crippen molar-refractivity contribution in [2.75, 3.05) is 17.8 Å². The molecule has 72 valence electrons. The van der Waals surface area contributed by atoms with Crippen molar-refractivity contribution in [1.29, 1.82) is 0 Å². The molecule has 3 heteroatoms. The molecule has 0 aliphatic carbocycles. The Morgan fingerprint density at radius 3 is 2.15 bits per heavy atom. The van der Waals surface area contributed by atoms with Gasteiger partial charge in [-0.2, -0.15) is 0 Å². The lowest BCUT2D eigenvalue weighted by atomic mass is 10.2. The first-order chi connectivity index (χ1) is 6.15. The summed E-state index contributed by atoms with van der Waals surface area (Å²) in [5.74, 6) is 0. The van der Waals surface area contributed by atoms with Gasteiger partial charge in [-0.1, -0.05) is 44.0 Å². The fourth-order valence-electron chi connectivity index (χ4n) is 1.16. The van der Waals surface area contributed by atoms with E-state index in [0.29, 0.717) is 16.1 Å². The minimum Gasteiger partial charge on any atom is -0.0870 e. The summed E-state index contributed by atoms with van der Waals surface area (Å²) >= 11 is 7.01. The molecule has 0 heterocycles. The molecule has 1 atom stereocenters. The fourth-order valence-corrected chi connectivity index (χ4v) is 4.34. The van der Waals surface area contributed by atoms with Gasteiger partial charge in [0.15, 0.2) is 5.25 Å². The van der Waals surface area contributed by atoms with Crippen LogP contribution >= 0.6 is 31.9 Å². The van der Waals surface area contributed by atoms with Gasteiger partial charge >= 0.3 is 0 Å². The van der Waals surface area contributed by atoms with Crippen molar-refractivity contribution in [3.05, 3.63) is 34.3 Å². The average Bonchev–Trinajstić information content (AvgIpc) is 2.09. The van der Waals surface area contributed by atoms with Crippen molar-refractivity contribution >= 4 is 42.8 Å². The summed E-state index contributed by atoms with van der Waals surface area (Å²) in [6.07, 6.45) is 4.57. The van der Waals surface area contributed by atoms with Gasteiger partial charge in [-0.05, 0) is 23.0 Å². The van der Waals surface area contributed by atoms with Crippen LogP contribution in [0.25, 0.3) is 0 Å². The summed E-state index contributed by atoms with van der Waals surface area (Å²) in [6.45, 7) is 0. The average molecular weight is 325 g/mol. The lowest BCUT2D eigenvalue weighted by molar-refractivity contribution is 1.12. The van der Waals surface area contributed by atoms with E-state index >= 15 is 0 Å². The smallest absolute Gasteiger partial charge is 0.0870 e. The molecule has 0 fully saturated rings. The molecule has 1 aromatic carbocycles. The predicted molar refractivity (Wildman–Crippen MR) is 69.9 cm³/mol. The van der Waals surface area contributed by atoms with E-state index in [9.17, 15) is 0 Å². The summed E-state index contributed by atoms with van der Waals surface area (Å²) in [5, 5.41) is 1.69.